The Morgan fingerprint density at radius 2 is 0.902 bits per heavy atom. The molecule has 0 heterocycles. The highest BCUT2D eigenvalue weighted by molar-refractivity contribution is 5.69. The Balaban J connectivity index is 1.71. The molecule has 0 aromatic heterocycles. The number of ether oxygens (including phenoxy) is 1. The zero-order valence-electron chi connectivity index (χ0n) is 28.7. The highest BCUT2D eigenvalue weighted by atomic mass is 16.5. The number of carbonyl (C=O) groups is 1. The van der Waals surface area contributed by atoms with Crippen LogP contribution in [-0.2, 0) is 9.53 Å². The molecule has 0 aromatic carbocycles. The molecular formula is C37H74N2O2. The molecule has 1 saturated carbocycles. The van der Waals surface area contributed by atoms with E-state index in [1.165, 1.54) is 161 Å². The first-order chi connectivity index (χ1) is 20.0. The van der Waals surface area contributed by atoms with Crippen LogP contribution in [0.2, 0.25) is 0 Å². The van der Waals surface area contributed by atoms with Crippen LogP contribution in [-0.4, -0.2) is 56.7 Å². The fourth-order valence-electron chi connectivity index (χ4n) is 6.82. The number of hydrogen-bond acceptors (Lipinski definition) is 4. The third kappa shape index (κ3) is 23.5. The summed E-state index contributed by atoms with van der Waals surface area (Å²) in [6.07, 6.45) is 37.9. The lowest BCUT2D eigenvalue weighted by molar-refractivity contribution is -0.143. The predicted molar refractivity (Wildman–Crippen MR) is 179 cm³/mol. The number of carbonyl (C=O) groups excluding carboxylic acids is 1. The van der Waals surface area contributed by atoms with Crippen molar-refractivity contribution in [1.82, 2.24) is 9.80 Å². The molecular weight excluding hydrogens is 504 g/mol. The fraction of sp³-hybridized carbons (Fsp3) is 0.973. The smallest absolute Gasteiger partial charge is 0.305 e. The van der Waals surface area contributed by atoms with Gasteiger partial charge in [0.1, 0.15) is 0 Å². The van der Waals surface area contributed by atoms with Crippen LogP contribution >= 0.6 is 0 Å². The van der Waals surface area contributed by atoms with E-state index in [0.29, 0.717) is 19.2 Å². The van der Waals surface area contributed by atoms with E-state index < -0.39 is 0 Å². The van der Waals surface area contributed by atoms with Crippen LogP contribution in [0.1, 0.15) is 180 Å². The van der Waals surface area contributed by atoms with E-state index in [1.54, 1.807) is 0 Å². The Kier molecular flexibility index (Phi) is 25.3. The minimum atomic E-state index is -0.0217. The zero-order chi connectivity index (χ0) is 30.0. The minimum absolute atomic E-state index is 0.0217. The van der Waals surface area contributed by atoms with E-state index in [9.17, 15) is 4.79 Å². The summed E-state index contributed by atoms with van der Waals surface area (Å²) in [7, 11) is 8.79. The molecule has 244 valence electrons. The van der Waals surface area contributed by atoms with Gasteiger partial charge in [-0.3, -0.25) is 14.6 Å². The van der Waals surface area contributed by atoms with Crippen molar-refractivity contribution in [3.63, 3.8) is 0 Å². The van der Waals surface area contributed by atoms with E-state index in [0.717, 1.165) is 18.3 Å². The predicted octanol–water partition coefficient (Wildman–Crippen LogP) is 10.8. The second kappa shape index (κ2) is 27.0. The summed E-state index contributed by atoms with van der Waals surface area (Å²) in [5.74, 6) is 2.09. The van der Waals surface area contributed by atoms with Crippen molar-refractivity contribution in [3.8, 4) is 0 Å². The summed E-state index contributed by atoms with van der Waals surface area (Å²) in [5, 5.41) is 0. The van der Waals surface area contributed by atoms with Crippen LogP contribution in [0, 0.1) is 11.8 Å². The molecule has 0 amide bonds. The maximum atomic E-state index is 11.3. The first-order valence-corrected chi connectivity index (χ1v) is 18.4. The normalized spacial score (nSPS) is 16.8. The molecule has 0 radical (unpaired) electrons. The Bertz CT molecular complexity index is 571. The van der Waals surface area contributed by atoms with Gasteiger partial charge >= 0.3 is 5.97 Å². The lowest BCUT2D eigenvalue weighted by Gasteiger charge is -2.30. The van der Waals surface area contributed by atoms with Crippen molar-refractivity contribution in [3.05, 3.63) is 0 Å². The highest BCUT2D eigenvalue weighted by Gasteiger charge is 2.35. The van der Waals surface area contributed by atoms with E-state index >= 15 is 0 Å². The Morgan fingerprint density at radius 1 is 0.561 bits per heavy atom. The molecule has 1 aliphatic rings. The minimum Gasteiger partial charge on any atom is -0.466 e. The Morgan fingerprint density at radius 3 is 1.27 bits per heavy atom. The van der Waals surface area contributed by atoms with Crippen LogP contribution < -0.4 is 0 Å². The first-order valence-electron chi connectivity index (χ1n) is 18.4. The van der Waals surface area contributed by atoms with Gasteiger partial charge in [-0.2, -0.15) is 0 Å². The molecule has 0 bridgehead atoms. The van der Waals surface area contributed by atoms with E-state index in [4.69, 9.17) is 4.74 Å². The summed E-state index contributed by atoms with van der Waals surface area (Å²) in [6.45, 7) is 2.39. The maximum Gasteiger partial charge on any atom is 0.305 e. The number of unbranched alkanes of at least 4 members (excludes halogenated alkanes) is 20. The molecule has 0 aliphatic heterocycles. The van der Waals surface area contributed by atoms with E-state index in [-0.39, 0.29) is 5.97 Å². The summed E-state index contributed by atoms with van der Waals surface area (Å²) in [6, 6.07) is 0. The van der Waals surface area contributed by atoms with Crippen molar-refractivity contribution >= 4 is 5.97 Å². The molecule has 0 spiro atoms. The van der Waals surface area contributed by atoms with Gasteiger partial charge in [-0.25, -0.2) is 0 Å². The largest absolute Gasteiger partial charge is 0.466 e. The topological polar surface area (TPSA) is 32.8 Å². The number of nitrogens with zero attached hydrogens (tertiary/aromatic N) is 2. The van der Waals surface area contributed by atoms with Gasteiger partial charge in [-0.1, -0.05) is 148 Å². The van der Waals surface area contributed by atoms with Gasteiger partial charge in [0.25, 0.3) is 0 Å². The van der Waals surface area contributed by atoms with Crippen molar-refractivity contribution in [2.45, 2.75) is 186 Å². The molecule has 1 aliphatic carbocycles. The molecule has 0 N–H and O–H groups in total. The Hall–Kier alpha value is -0.610. The van der Waals surface area contributed by atoms with Crippen LogP contribution in [0.25, 0.3) is 0 Å². The molecule has 2 atom stereocenters. The average molecular weight is 579 g/mol. The molecule has 1 rings (SSSR count). The summed E-state index contributed by atoms with van der Waals surface area (Å²) >= 11 is 0. The molecule has 2 unspecified atom stereocenters. The Labute approximate surface area is 258 Å². The van der Waals surface area contributed by atoms with Crippen molar-refractivity contribution in [2.75, 3.05) is 34.8 Å². The molecule has 0 aromatic rings. The van der Waals surface area contributed by atoms with E-state index in [1.807, 2.05) is 6.92 Å². The average Bonchev–Trinajstić information content (AvgIpc) is 3.69. The third-order valence-corrected chi connectivity index (χ3v) is 9.56. The molecule has 1 fully saturated rings. The monoisotopic (exact) mass is 579 g/mol. The number of hydrogen-bond donors (Lipinski definition) is 0. The lowest BCUT2D eigenvalue weighted by Crippen LogP contribution is -2.40. The molecule has 4 nitrogen and oxygen atoms in total. The molecule has 4 heteroatoms. The first kappa shape index (κ1) is 38.4. The van der Waals surface area contributed by atoms with E-state index in [2.05, 4.69) is 38.0 Å². The van der Waals surface area contributed by atoms with Gasteiger partial charge in [-0.05, 0) is 66.2 Å². The molecule has 0 saturated heterocycles. The molecule has 41 heavy (non-hydrogen) atoms. The van der Waals surface area contributed by atoms with Gasteiger partial charge in [0.15, 0.2) is 0 Å². The third-order valence-electron chi connectivity index (χ3n) is 9.56. The van der Waals surface area contributed by atoms with Gasteiger partial charge in [0.2, 0.25) is 0 Å². The standard InChI is InChI=1S/C37H74N2O2/c1-6-41-37(40)32-28-24-20-22-26-30-35-33-34(35)29-25-21-18-16-14-12-10-8-7-9-11-13-15-17-19-23-27-31-36(38(2)3)39(4)5/h34-36H,6-33H2,1-5H3. The SMILES string of the molecule is CCOC(=O)CCCCCCCC1CC1CCCCCCCCCCCCCCCCCCCC(N(C)C)N(C)C. The highest BCUT2D eigenvalue weighted by Crippen LogP contribution is 2.45. The maximum absolute atomic E-state index is 11.3. The number of rotatable bonds is 31. The number of esters is 1. The van der Waals surface area contributed by atoms with Crippen LogP contribution in [0.3, 0.4) is 0 Å². The van der Waals surface area contributed by atoms with Crippen LogP contribution in [0.15, 0.2) is 0 Å². The second-order valence-electron chi connectivity index (χ2n) is 13.9. The van der Waals surface area contributed by atoms with Gasteiger partial charge < -0.3 is 4.74 Å². The lowest BCUT2D eigenvalue weighted by atomic mass is 10.0. The van der Waals surface area contributed by atoms with Crippen LogP contribution in [0.5, 0.6) is 0 Å². The van der Waals surface area contributed by atoms with Gasteiger partial charge in [0.05, 0.1) is 12.8 Å². The van der Waals surface area contributed by atoms with Gasteiger partial charge in [0, 0.05) is 6.42 Å². The summed E-state index contributed by atoms with van der Waals surface area (Å²) in [5.41, 5.74) is 0. The summed E-state index contributed by atoms with van der Waals surface area (Å²) < 4.78 is 4.99. The summed E-state index contributed by atoms with van der Waals surface area (Å²) in [4.78, 5) is 16.0. The quantitative estimate of drug-likeness (QED) is 0.0465. The van der Waals surface area contributed by atoms with Gasteiger partial charge in [-0.15, -0.1) is 0 Å². The van der Waals surface area contributed by atoms with Crippen molar-refractivity contribution < 1.29 is 9.53 Å². The fourth-order valence-corrected chi connectivity index (χ4v) is 6.82. The second-order valence-corrected chi connectivity index (χ2v) is 13.9. The van der Waals surface area contributed by atoms with Crippen molar-refractivity contribution in [1.29, 1.82) is 0 Å². The zero-order valence-corrected chi connectivity index (χ0v) is 28.7. The van der Waals surface area contributed by atoms with Crippen molar-refractivity contribution in [2.24, 2.45) is 11.8 Å². The van der Waals surface area contributed by atoms with Crippen LogP contribution in [0.4, 0.5) is 0 Å².